The lowest BCUT2D eigenvalue weighted by Crippen LogP contribution is -2.34. The Morgan fingerprint density at radius 3 is 2.67 bits per heavy atom. The van der Waals surface area contributed by atoms with Gasteiger partial charge in [-0.2, -0.15) is 13.8 Å². The summed E-state index contributed by atoms with van der Waals surface area (Å²) < 4.78 is 34.5. The van der Waals surface area contributed by atoms with Gasteiger partial charge >= 0.3 is 6.61 Å². The molecule has 0 aliphatic carbocycles. The molecule has 9 heteroatoms. The molecule has 7 nitrogen and oxygen atoms in total. The highest BCUT2D eigenvalue weighted by molar-refractivity contribution is 5.77. The molecule has 0 saturated heterocycles. The third-order valence-electron chi connectivity index (χ3n) is 3.12. The van der Waals surface area contributed by atoms with E-state index in [0.717, 1.165) is 0 Å². The van der Waals surface area contributed by atoms with Crippen LogP contribution in [0.25, 0.3) is 11.4 Å². The number of ether oxygens (including phenoxy) is 1. The van der Waals surface area contributed by atoms with Crippen LogP contribution < -0.4 is 4.74 Å². The van der Waals surface area contributed by atoms with Gasteiger partial charge < -0.3 is 14.2 Å². The highest BCUT2D eigenvalue weighted by Crippen LogP contribution is 2.28. The fraction of sp³-hybridized carbons (Fsp3) is 0.400. The maximum atomic E-state index is 12.5. The second-order valence-electron chi connectivity index (χ2n) is 5.35. The summed E-state index contributed by atoms with van der Waals surface area (Å²) >= 11 is 0. The molecule has 2 aromatic rings. The van der Waals surface area contributed by atoms with Crippen molar-refractivity contribution in [2.75, 3.05) is 27.7 Å². The lowest BCUT2D eigenvalue weighted by Gasteiger charge is -2.16. The van der Waals surface area contributed by atoms with Crippen LogP contribution >= 0.6 is 0 Å². The quantitative estimate of drug-likeness (QED) is 0.766. The number of likely N-dealkylation sites (N-methyl/N-ethyl adjacent to an activating group) is 2. The first kappa shape index (κ1) is 17.8. The second kappa shape index (κ2) is 7.82. The van der Waals surface area contributed by atoms with Crippen molar-refractivity contribution in [1.82, 2.24) is 19.9 Å². The summed E-state index contributed by atoms with van der Waals surface area (Å²) in [6.07, 6.45) is 0. The van der Waals surface area contributed by atoms with E-state index in [4.69, 9.17) is 4.52 Å². The molecule has 0 spiro atoms. The average molecular weight is 340 g/mol. The Labute approximate surface area is 137 Å². The fourth-order valence-corrected chi connectivity index (χ4v) is 1.94. The van der Waals surface area contributed by atoms with Gasteiger partial charge in [0, 0.05) is 14.1 Å². The van der Waals surface area contributed by atoms with E-state index in [0.29, 0.717) is 5.56 Å². The molecule has 130 valence electrons. The number of nitrogens with zero attached hydrogens (tertiary/aromatic N) is 4. The van der Waals surface area contributed by atoms with Crippen LogP contribution in [0.1, 0.15) is 5.89 Å². The Hall–Kier alpha value is -2.55. The summed E-state index contributed by atoms with van der Waals surface area (Å²) in [5.41, 5.74) is 0.305. The summed E-state index contributed by atoms with van der Waals surface area (Å²) in [5, 5.41) is 3.79. The minimum Gasteiger partial charge on any atom is -0.434 e. The Balaban J connectivity index is 2.10. The fourth-order valence-electron chi connectivity index (χ4n) is 1.94. The van der Waals surface area contributed by atoms with E-state index in [1.165, 1.54) is 11.0 Å². The highest BCUT2D eigenvalue weighted by atomic mass is 19.3. The van der Waals surface area contributed by atoms with Gasteiger partial charge in [-0.15, -0.1) is 0 Å². The van der Waals surface area contributed by atoms with E-state index in [1.54, 1.807) is 44.2 Å². The lowest BCUT2D eigenvalue weighted by molar-refractivity contribution is -0.129. The largest absolute Gasteiger partial charge is 0.434 e. The van der Waals surface area contributed by atoms with Crippen LogP contribution in [0.3, 0.4) is 0 Å². The van der Waals surface area contributed by atoms with Gasteiger partial charge in [0.05, 0.1) is 18.7 Å². The van der Waals surface area contributed by atoms with Crippen LogP contribution in [-0.4, -0.2) is 60.1 Å². The number of rotatable bonds is 7. The number of hydrogen-bond acceptors (Lipinski definition) is 6. The molecule has 0 radical (unpaired) electrons. The van der Waals surface area contributed by atoms with E-state index >= 15 is 0 Å². The Morgan fingerprint density at radius 2 is 2.00 bits per heavy atom. The summed E-state index contributed by atoms with van der Waals surface area (Å²) in [5.74, 6) is 0.323. The van der Waals surface area contributed by atoms with Crippen LogP contribution in [0.15, 0.2) is 28.8 Å². The number of hydrogen-bond donors (Lipinski definition) is 0. The lowest BCUT2D eigenvalue weighted by atomic mass is 10.2. The summed E-state index contributed by atoms with van der Waals surface area (Å²) in [6, 6.07) is 6.19. The molecule has 0 fully saturated rings. The number of para-hydroxylation sites is 1. The van der Waals surface area contributed by atoms with Gasteiger partial charge in [-0.25, -0.2) is 0 Å². The molecule has 0 aliphatic rings. The minimum absolute atomic E-state index is 0.0315. The molecular formula is C15H18F2N4O3. The number of benzene rings is 1. The van der Waals surface area contributed by atoms with Gasteiger partial charge in [0.1, 0.15) is 5.75 Å². The first-order chi connectivity index (χ1) is 11.4. The van der Waals surface area contributed by atoms with Crippen molar-refractivity contribution in [3.8, 4) is 17.1 Å². The Bertz CT molecular complexity index is 691. The predicted molar refractivity (Wildman–Crippen MR) is 81.4 cm³/mol. The SMILES string of the molecule is CN(CC(=O)N(C)C)Cc1nc(-c2ccccc2OC(F)F)no1. The van der Waals surface area contributed by atoms with Gasteiger partial charge in [0.25, 0.3) is 0 Å². The summed E-state index contributed by atoms with van der Waals surface area (Å²) in [6.45, 7) is -2.50. The van der Waals surface area contributed by atoms with Crippen molar-refractivity contribution in [3.63, 3.8) is 0 Å². The van der Waals surface area contributed by atoms with Crippen LogP contribution in [0.4, 0.5) is 8.78 Å². The molecule has 0 atom stereocenters. The van der Waals surface area contributed by atoms with Crippen LogP contribution in [-0.2, 0) is 11.3 Å². The first-order valence-corrected chi connectivity index (χ1v) is 7.12. The van der Waals surface area contributed by atoms with E-state index in [-0.39, 0.29) is 36.5 Å². The third-order valence-corrected chi connectivity index (χ3v) is 3.12. The summed E-state index contributed by atoms with van der Waals surface area (Å²) in [4.78, 5) is 19.0. The number of halogens is 2. The molecule has 1 aromatic heterocycles. The van der Waals surface area contributed by atoms with E-state index in [2.05, 4.69) is 14.9 Å². The molecule has 1 aromatic carbocycles. The van der Waals surface area contributed by atoms with Gasteiger partial charge in [-0.1, -0.05) is 17.3 Å². The molecule has 2 rings (SSSR count). The van der Waals surface area contributed by atoms with Crippen molar-refractivity contribution in [2.45, 2.75) is 13.2 Å². The zero-order valence-corrected chi connectivity index (χ0v) is 13.6. The number of alkyl halides is 2. The highest BCUT2D eigenvalue weighted by Gasteiger charge is 2.17. The normalized spacial score (nSPS) is 11.1. The van der Waals surface area contributed by atoms with E-state index in [9.17, 15) is 13.6 Å². The maximum Gasteiger partial charge on any atom is 0.387 e. The van der Waals surface area contributed by atoms with Crippen molar-refractivity contribution in [1.29, 1.82) is 0 Å². The number of aromatic nitrogens is 2. The summed E-state index contributed by atoms with van der Waals surface area (Å²) in [7, 11) is 5.07. The second-order valence-corrected chi connectivity index (χ2v) is 5.35. The molecule has 1 amide bonds. The minimum atomic E-state index is -2.94. The Morgan fingerprint density at radius 1 is 1.29 bits per heavy atom. The number of carbonyl (C=O) groups is 1. The van der Waals surface area contributed by atoms with E-state index in [1.807, 2.05) is 0 Å². The topological polar surface area (TPSA) is 71.7 Å². The molecular weight excluding hydrogens is 322 g/mol. The molecule has 0 aliphatic heterocycles. The van der Waals surface area contributed by atoms with Gasteiger partial charge in [-0.05, 0) is 19.2 Å². The van der Waals surface area contributed by atoms with Gasteiger partial charge in [0.15, 0.2) is 0 Å². The molecule has 0 N–H and O–H groups in total. The van der Waals surface area contributed by atoms with Crippen LogP contribution in [0.5, 0.6) is 5.75 Å². The van der Waals surface area contributed by atoms with Gasteiger partial charge in [-0.3, -0.25) is 9.69 Å². The number of amides is 1. The monoisotopic (exact) mass is 340 g/mol. The Kier molecular flexibility index (Phi) is 5.80. The molecule has 1 heterocycles. The molecule has 0 unspecified atom stereocenters. The zero-order chi connectivity index (χ0) is 17.7. The maximum absolute atomic E-state index is 12.5. The van der Waals surface area contributed by atoms with Gasteiger partial charge in [0.2, 0.25) is 17.6 Å². The molecule has 0 bridgehead atoms. The third kappa shape index (κ3) is 4.72. The van der Waals surface area contributed by atoms with Crippen molar-refractivity contribution >= 4 is 5.91 Å². The van der Waals surface area contributed by atoms with Crippen molar-refractivity contribution in [2.24, 2.45) is 0 Å². The van der Waals surface area contributed by atoms with Crippen molar-refractivity contribution < 1.29 is 22.8 Å². The van der Waals surface area contributed by atoms with Crippen LogP contribution in [0, 0.1) is 0 Å². The number of carbonyl (C=O) groups excluding carboxylic acids is 1. The smallest absolute Gasteiger partial charge is 0.387 e. The zero-order valence-electron chi connectivity index (χ0n) is 13.6. The average Bonchev–Trinajstić information content (AvgIpc) is 2.95. The standard InChI is InChI=1S/C15H18F2N4O3/c1-20(2)13(22)9-21(3)8-12-18-14(19-24-12)10-6-4-5-7-11(10)23-15(16)17/h4-7,15H,8-9H2,1-3H3. The molecule has 24 heavy (non-hydrogen) atoms. The first-order valence-electron chi connectivity index (χ1n) is 7.12. The van der Waals surface area contributed by atoms with Crippen molar-refractivity contribution in [3.05, 3.63) is 30.2 Å². The van der Waals surface area contributed by atoms with E-state index < -0.39 is 6.61 Å². The molecule has 0 saturated carbocycles. The van der Waals surface area contributed by atoms with Crippen LogP contribution in [0.2, 0.25) is 0 Å². The predicted octanol–water partition coefficient (Wildman–Crippen LogP) is 1.86.